The molecule has 0 rings (SSSR count). The molecule has 5 nitrogen and oxygen atoms in total. The van der Waals surface area contributed by atoms with Gasteiger partial charge in [-0.05, 0) is 27.7 Å². The number of ether oxygens (including phenoxy) is 2. The number of rotatable bonds is 2. The predicted molar refractivity (Wildman–Crippen MR) is 48.5 cm³/mol. The summed E-state index contributed by atoms with van der Waals surface area (Å²) in [4.78, 5) is 22.3. The van der Waals surface area contributed by atoms with Crippen molar-refractivity contribution in [3.8, 4) is 0 Å². The molecule has 0 aliphatic carbocycles. The summed E-state index contributed by atoms with van der Waals surface area (Å²) in [5, 5.41) is 9.47. The van der Waals surface area contributed by atoms with Crippen molar-refractivity contribution in [2.75, 3.05) is 7.11 Å². The van der Waals surface area contributed by atoms with Crippen molar-refractivity contribution in [1.82, 2.24) is 0 Å². The lowest BCUT2D eigenvalue weighted by Crippen LogP contribution is -2.48. The molecular formula is C9H16O5. The summed E-state index contributed by atoms with van der Waals surface area (Å²) in [5.41, 5.74) is -3.00. The molecule has 0 aliphatic heterocycles. The van der Waals surface area contributed by atoms with E-state index in [-0.39, 0.29) is 0 Å². The van der Waals surface area contributed by atoms with Gasteiger partial charge in [-0.3, -0.25) is 0 Å². The zero-order chi connectivity index (χ0) is 11.6. The Morgan fingerprint density at radius 2 is 1.50 bits per heavy atom. The van der Waals surface area contributed by atoms with Crippen LogP contribution in [0.25, 0.3) is 0 Å². The molecule has 14 heavy (non-hydrogen) atoms. The van der Waals surface area contributed by atoms with Crippen LogP contribution in [0, 0.1) is 0 Å². The maximum absolute atomic E-state index is 11.3. The number of carbonyl (C=O) groups is 2. The molecule has 0 spiro atoms. The van der Waals surface area contributed by atoms with E-state index in [9.17, 15) is 14.7 Å². The van der Waals surface area contributed by atoms with Crippen molar-refractivity contribution in [3.05, 3.63) is 0 Å². The molecule has 0 aromatic rings. The van der Waals surface area contributed by atoms with Crippen molar-refractivity contribution in [2.24, 2.45) is 0 Å². The quantitative estimate of drug-likeness (QED) is 0.515. The van der Waals surface area contributed by atoms with E-state index < -0.39 is 23.1 Å². The molecule has 0 heterocycles. The lowest BCUT2D eigenvalue weighted by molar-refractivity contribution is -0.187. The fourth-order valence-corrected chi connectivity index (χ4v) is 0.660. The molecule has 0 saturated carbocycles. The third-order valence-corrected chi connectivity index (χ3v) is 1.38. The first-order chi connectivity index (χ1) is 6.11. The van der Waals surface area contributed by atoms with Gasteiger partial charge in [0.05, 0.1) is 7.11 Å². The molecule has 0 aliphatic rings. The van der Waals surface area contributed by atoms with Crippen molar-refractivity contribution < 1.29 is 24.2 Å². The summed E-state index contributed by atoms with van der Waals surface area (Å²) >= 11 is 0. The smallest absolute Gasteiger partial charge is 0.350 e. The van der Waals surface area contributed by atoms with Gasteiger partial charge in [0.1, 0.15) is 5.60 Å². The third kappa shape index (κ3) is 3.33. The number of hydrogen-bond donors (Lipinski definition) is 1. The summed E-state index contributed by atoms with van der Waals surface area (Å²) in [6.45, 7) is 5.95. The lowest BCUT2D eigenvalue weighted by Gasteiger charge is -2.25. The first kappa shape index (κ1) is 12.9. The molecule has 0 radical (unpaired) electrons. The van der Waals surface area contributed by atoms with Crippen LogP contribution in [-0.4, -0.2) is 35.4 Å². The highest BCUT2D eigenvalue weighted by Crippen LogP contribution is 2.15. The van der Waals surface area contributed by atoms with E-state index in [1.54, 1.807) is 20.8 Å². The molecule has 1 N–H and O–H groups in total. The Labute approximate surface area is 83.0 Å². The Balaban J connectivity index is 4.60. The molecule has 1 atom stereocenters. The van der Waals surface area contributed by atoms with Gasteiger partial charge >= 0.3 is 11.9 Å². The van der Waals surface area contributed by atoms with Crippen LogP contribution < -0.4 is 0 Å². The van der Waals surface area contributed by atoms with Crippen molar-refractivity contribution in [1.29, 1.82) is 0 Å². The second-order valence-electron chi connectivity index (χ2n) is 4.07. The molecule has 82 valence electrons. The fraction of sp³-hybridized carbons (Fsp3) is 0.778. The van der Waals surface area contributed by atoms with Crippen LogP contribution in [-0.2, 0) is 19.1 Å². The van der Waals surface area contributed by atoms with E-state index in [4.69, 9.17) is 4.74 Å². The maximum Gasteiger partial charge on any atom is 0.350 e. The van der Waals surface area contributed by atoms with Crippen LogP contribution in [0.1, 0.15) is 27.7 Å². The Morgan fingerprint density at radius 3 is 1.79 bits per heavy atom. The minimum Gasteiger partial charge on any atom is -0.466 e. The van der Waals surface area contributed by atoms with Crippen LogP contribution >= 0.6 is 0 Å². The standard InChI is InChI=1S/C9H16O5/c1-8(2,3)14-7(11)9(4,12)6(10)13-5/h12H,1-5H3/t9-/m0/s1. The van der Waals surface area contributed by atoms with Gasteiger partial charge in [-0.25, -0.2) is 9.59 Å². The maximum atomic E-state index is 11.3. The van der Waals surface area contributed by atoms with Gasteiger partial charge in [0.25, 0.3) is 5.60 Å². The van der Waals surface area contributed by atoms with Crippen LogP contribution in [0.15, 0.2) is 0 Å². The summed E-state index contributed by atoms with van der Waals surface area (Å²) in [5.74, 6) is -2.05. The largest absolute Gasteiger partial charge is 0.466 e. The highest BCUT2D eigenvalue weighted by atomic mass is 16.6. The second kappa shape index (κ2) is 3.96. The number of hydrogen-bond acceptors (Lipinski definition) is 5. The first-order valence-electron chi connectivity index (χ1n) is 4.15. The molecule has 0 saturated heterocycles. The topological polar surface area (TPSA) is 72.8 Å². The van der Waals surface area contributed by atoms with E-state index in [2.05, 4.69) is 4.74 Å². The molecule has 0 fully saturated rings. The Morgan fingerprint density at radius 1 is 1.07 bits per heavy atom. The highest BCUT2D eigenvalue weighted by molar-refractivity contribution is 6.02. The molecular weight excluding hydrogens is 188 g/mol. The number of methoxy groups -OCH3 is 1. The highest BCUT2D eigenvalue weighted by Gasteiger charge is 2.43. The van der Waals surface area contributed by atoms with Gasteiger partial charge in [0.15, 0.2) is 0 Å². The second-order valence-corrected chi connectivity index (χ2v) is 4.07. The van der Waals surface area contributed by atoms with Crippen LogP contribution in [0.4, 0.5) is 0 Å². The van der Waals surface area contributed by atoms with E-state index >= 15 is 0 Å². The van der Waals surface area contributed by atoms with Gasteiger partial charge in [-0.15, -0.1) is 0 Å². The van der Waals surface area contributed by atoms with Crippen molar-refractivity contribution in [2.45, 2.75) is 38.9 Å². The molecule has 0 aromatic carbocycles. The zero-order valence-corrected chi connectivity index (χ0v) is 9.08. The van der Waals surface area contributed by atoms with Crippen molar-refractivity contribution in [3.63, 3.8) is 0 Å². The van der Waals surface area contributed by atoms with E-state index in [0.29, 0.717) is 0 Å². The molecule has 0 amide bonds. The summed E-state index contributed by atoms with van der Waals surface area (Å²) in [6.07, 6.45) is 0. The SMILES string of the molecule is COC(=O)[C@](C)(O)C(=O)OC(C)(C)C. The van der Waals surface area contributed by atoms with E-state index in [0.717, 1.165) is 14.0 Å². The Hall–Kier alpha value is -1.10. The van der Waals surface area contributed by atoms with Crippen LogP contribution in [0.5, 0.6) is 0 Å². The molecule has 0 aromatic heterocycles. The van der Waals surface area contributed by atoms with Crippen molar-refractivity contribution >= 4 is 11.9 Å². The predicted octanol–water partition coefficient (Wildman–Crippen LogP) is 0.252. The lowest BCUT2D eigenvalue weighted by atomic mass is 10.1. The minimum atomic E-state index is -2.25. The molecule has 5 heteroatoms. The summed E-state index contributed by atoms with van der Waals surface area (Å²) in [6, 6.07) is 0. The van der Waals surface area contributed by atoms with E-state index in [1.165, 1.54) is 0 Å². The zero-order valence-electron chi connectivity index (χ0n) is 9.08. The normalized spacial score (nSPS) is 15.6. The average molecular weight is 204 g/mol. The minimum absolute atomic E-state index is 0.755. The van der Waals surface area contributed by atoms with Gasteiger partial charge < -0.3 is 14.6 Å². The number of aliphatic hydroxyl groups is 1. The monoisotopic (exact) mass is 204 g/mol. The average Bonchev–Trinajstić information content (AvgIpc) is 1.99. The number of esters is 2. The first-order valence-corrected chi connectivity index (χ1v) is 4.15. The van der Waals surface area contributed by atoms with Gasteiger partial charge in [0, 0.05) is 0 Å². The molecule has 0 unspecified atom stereocenters. The van der Waals surface area contributed by atoms with Crippen LogP contribution in [0.3, 0.4) is 0 Å². The third-order valence-electron chi connectivity index (χ3n) is 1.38. The molecule has 0 bridgehead atoms. The van der Waals surface area contributed by atoms with Crippen LogP contribution in [0.2, 0.25) is 0 Å². The van der Waals surface area contributed by atoms with E-state index in [1.807, 2.05) is 0 Å². The summed E-state index contributed by atoms with van der Waals surface area (Å²) in [7, 11) is 1.08. The summed E-state index contributed by atoms with van der Waals surface area (Å²) < 4.78 is 9.10. The van der Waals surface area contributed by atoms with Gasteiger partial charge in [0.2, 0.25) is 0 Å². The van der Waals surface area contributed by atoms with Gasteiger partial charge in [-0.1, -0.05) is 0 Å². The van der Waals surface area contributed by atoms with Gasteiger partial charge in [-0.2, -0.15) is 0 Å². The number of carbonyl (C=O) groups excluding carboxylic acids is 2. The fourth-order valence-electron chi connectivity index (χ4n) is 0.660. The Bertz CT molecular complexity index is 236. The Kier molecular flexibility index (Phi) is 3.65.